The van der Waals surface area contributed by atoms with E-state index in [1.807, 2.05) is 0 Å². The summed E-state index contributed by atoms with van der Waals surface area (Å²) in [5.41, 5.74) is 0. The van der Waals surface area contributed by atoms with E-state index in [0.717, 1.165) is 5.92 Å². The van der Waals surface area contributed by atoms with E-state index in [1.165, 1.54) is 58.0 Å². The van der Waals surface area contributed by atoms with Gasteiger partial charge in [0.05, 0.1) is 0 Å². The highest BCUT2D eigenvalue weighted by Gasteiger charge is 1.97. The molecular formula is C13H29N. The molecule has 0 aliphatic carbocycles. The van der Waals surface area contributed by atoms with Crippen molar-refractivity contribution in [3.63, 3.8) is 0 Å². The second-order valence-corrected chi connectivity index (χ2v) is 4.47. The minimum Gasteiger partial charge on any atom is -0.317 e. The Morgan fingerprint density at radius 1 is 0.929 bits per heavy atom. The van der Waals surface area contributed by atoms with Crippen molar-refractivity contribution in [1.82, 2.24) is 5.32 Å². The molecule has 14 heavy (non-hydrogen) atoms. The lowest BCUT2D eigenvalue weighted by atomic mass is 10.0. The van der Waals surface area contributed by atoms with Crippen molar-refractivity contribution in [2.24, 2.45) is 5.92 Å². The maximum Gasteiger partial charge on any atom is -0.00489 e. The molecule has 1 heteroatoms. The van der Waals surface area contributed by atoms with Gasteiger partial charge in [-0.05, 0) is 31.8 Å². The summed E-state index contributed by atoms with van der Waals surface area (Å²) in [5, 5.41) is 3.49. The van der Waals surface area contributed by atoms with Gasteiger partial charge in [-0.25, -0.2) is 0 Å². The highest BCUT2D eigenvalue weighted by molar-refractivity contribution is 4.53. The highest BCUT2D eigenvalue weighted by atomic mass is 14.8. The number of nitrogens with one attached hydrogen (secondary N) is 1. The van der Waals surface area contributed by atoms with Gasteiger partial charge in [-0.2, -0.15) is 0 Å². The van der Waals surface area contributed by atoms with Crippen molar-refractivity contribution in [3.8, 4) is 0 Å². The Bertz CT molecular complexity index is 101. The third kappa shape index (κ3) is 10.0. The fraction of sp³-hybridized carbons (Fsp3) is 1.00. The second kappa shape index (κ2) is 11.0. The smallest absolute Gasteiger partial charge is 0.00489 e. The zero-order chi connectivity index (χ0) is 10.6. The molecule has 0 bridgehead atoms. The van der Waals surface area contributed by atoms with Crippen molar-refractivity contribution in [2.45, 2.75) is 65.7 Å². The lowest BCUT2D eigenvalue weighted by Gasteiger charge is -2.07. The maximum absolute atomic E-state index is 3.49. The normalized spacial score (nSPS) is 13.1. The van der Waals surface area contributed by atoms with Gasteiger partial charge in [0.2, 0.25) is 0 Å². The summed E-state index contributed by atoms with van der Waals surface area (Å²) in [6, 6.07) is 0. The van der Waals surface area contributed by atoms with Crippen LogP contribution in [-0.2, 0) is 0 Å². The summed E-state index contributed by atoms with van der Waals surface area (Å²) < 4.78 is 0. The van der Waals surface area contributed by atoms with Crippen LogP contribution < -0.4 is 5.32 Å². The van der Waals surface area contributed by atoms with E-state index in [4.69, 9.17) is 0 Å². The number of hydrogen-bond acceptors (Lipinski definition) is 1. The molecule has 1 unspecified atom stereocenters. The van der Waals surface area contributed by atoms with E-state index in [1.54, 1.807) is 0 Å². The van der Waals surface area contributed by atoms with E-state index in [-0.39, 0.29) is 0 Å². The van der Waals surface area contributed by atoms with Crippen LogP contribution in [0.4, 0.5) is 0 Å². The Morgan fingerprint density at radius 3 is 2.29 bits per heavy atom. The third-order valence-electron chi connectivity index (χ3n) is 2.95. The summed E-state index contributed by atoms with van der Waals surface area (Å²) >= 11 is 0. The molecule has 1 atom stereocenters. The maximum atomic E-state index is 3.49. The first-order valence-corrected chi connectivity index (χ1v) is 6.52. The van der Waals surface area contributed by atoms with Crippen LogP contribution in [0.15, 0.2) is 0 Å². The summed E-state index contributed by atoms with van der Waals surface area (Å²) in [6.45, 7) is 9.33. The van der Waals surface area contributed by atoms with Crippen LogP contribution in [0.2, 0.25) is 0 Å². The van der Waals surface area contributed by atoms with Gasteiger partial charge >= 0.3 is 0 Å². The predicted molar refractivity (Wildman–Crippen MR) is 65.7 cm³/mol. The van der Waals surface area contributed by atoms with Gasteiger partial charge in [0.25, 0.3) is 0 Å². The van der Waals surface area contributed by atoms with E-state index >= 15 is 0 Å². The van der Waals surface area contributed by atoms with Crippen LogP contribution in [0, 0.1) is 5.92 Å². The standard InChI is InChI=1S/C13H29N/c1-4-6-11-14-12-9-7-8-10-13(3)5-2/h13-14H,4-12H2,1-3H3. The number of hydrogen-bond donors (Lipinski definition) is 1. The largest absolute Gasteiger partial charge is 0.317 e. The van der Waals surface area contributed by atoms with Crippen LogP contribution in [0.5, 0.6) is 0 Å². The molecule has 0 amide bonds. The van der Waals surface area contributed by atoms with Crippen molar-refractivity contribution in [2.75, 3.05) is 13.1 Å². The van der Waals surface area contributed by atoms with Crippen LogP contribution in [0.1, 0.15) is 65.7 Å². The summed E-state index contributed by atoms with van der Waals surface area (Å²) in [4.78, 5) is 0. The molecule has 0 heterocycles. The fourth-order valence-electron chi connectivity index (χ4n) is 1.55. The summed E-state index contributed by atoms with van der Waals surface area (Å²) in [7, 11) is 0. The highest BCUT2D eigenvalue weighted by Crippen LogP contribution is 2.11. The molecule has 0 aliphatic rings. The molecule has 0 aromatic rings. The lowest BCUT2D eigenvalue weighted by molar-refractivity contribution is 0.473. The Morgan fingerprint density at radius 2 is 1.64 bits per heavy atom. The molecule has 86 valence electrons. The van der Waals surface area contributed by atoms with Crippen LogP contribution in [0.25, 0.3) is 0 Å². The first kappa shape index (κ1) is 14.0. The Kier molecular flexibility index (Phi) is 11.0. The molecule has 0 spiro atoms. The van der Waals surface area contributed by atoms with E-state index in [0.29, 0.717) is 0 Å². The van der Waals surface area contributed by atoms with Crippen molar-refractivity contribution in [3.05, 3.63) is 0 Å². The van der Waals surface area contributed by atoms with Gasteiger partial charge in [0.15, 0.2) is 0 Å². The minimum absolute atomic E-state index is 0.933. The van der Waals surface area contributed by atoms with Crippen molar-refractivity contribution in [1.29, 1.82) is 0 Å². The van der Waals surface area contributed by atoms with E-state index < -0.39 is 0 Å². The average molecular weight is 199 g/mol. The van der Waals surface area contributed by atoms with Crippen molar-refractivity contribution >= 4 is 0 Å². The molecule has 0 fully saturated rings. The molecular weight excluding hydrogens is 170 g/mol. The monoisotopic (exact) mass is 199 g/mol. The van der Waals surface area contributed by atoms with Gasteiger partial charge in [0.1, 0.15) is 0 Å². The van der Waals surface area contributed by atoms with Crippen LogP contribution in [-0.4, -0.2) is 13.1 Å². The lowest BCUT2D eigenvalue weighted by Crippen LogP contribution is -2.16. The molecule has 0 saturated carbocycles. The Labute approximate surface area is 90.7 Å². The quantitative estimate of drug-likeness (QED) is 0.525. The minimum atomic E-state index is 0.933. The molecule has 1 nitrogen and oxygen atoms in total. The Hall–Kier alpha value is -0.0400. The van der Waals surface area contributed by atoms with E-state index in [9.17, 15) is 0 Å². The van der Waals surface area contributed by atoms with Gasteiger partial charge < -0.3 is 5.32 Å². The summed E-state index contributed by atoms with van der Waals surface area (Å²) in [6.07, 6.45) is 9.59. The molecule has 0 aromatic heterocycles. The summed E-state index contributed by atoms with van der Waals surface area (Å²) in [5.74, 6) is 0.933. The van der Waals surface area contributed by atoms with Crippen molar-refractivity contribution < 1.29 is 0 Å². The second-order valence-electron chi connectivity index (χ2n) is 4.47. The van der Waals surface area contributed by atoms with Gasteiger partial charge in [-0.15, -0.1) is 0 Å². The molecule has 0 radical (unpaired) electrons. The van der Waals surface area contributed by atoms with Crippen LogP contribution in [0.3, 0.4) is 0 Å². The SMILES string of the molecule is CCCCNCCCCCC(C)CC. The number of rotatable bonds is 10. The predicted octanol–water partition coefficient (Wildman–Crippen LogP) is 3.98. The van der Waals surface area contributed by atoms with E-state index in [2.05, 4.69) is 26.1 Å². The number of unbranched alkanes of at least 4 members (excludes halogenated alkanes) is 3. The molecule has 0 saturated heterocycles. The molecule has 0 rings (SSSR count). The van der Waals surface area contributed by atoms with Gasteiger partial charge in [-0.3, -0.25) is 0 Å². The topological polar surface area (TPSA) is 12.0 Å². The zero-order valence-corrected chi connectivity index (χ0v) is 10.4. The first-order chi connectivity index (χ1) is 6.81. The Balaban J connectivity index is 2.92. The zero-order valence-electron chi connectivity index (χ0n) is 10.4. The third-order valence-corrected chi connectivity index (χ3v) is 2.95. The fourth-order valence-corrected chi connectivity index (χ4v) is 1.55. The molecule has 1 N–H and O–H groups in total. The first-order valence-electron chi connectivity index (χ1n) is 6.52. The molecule has 0 aliphatic heterocycles. The average Bonchev–Trinajstić information content (AvgIpc) is 2.21. The van der Waals surface area contributed by atoms with Gasteiger partial charge in [-0.1, -0.05) is 52.9 Å². The van der Waals surface area contributed by atoms with Gasteiger partial charge in [0, 0.05) is 0 Å². The van der Waals surface area contributed by atoms with Crippen LogP contribution >= 0.6 is 0 Å². The molecule has 0 aromatic carbocycles.